The van der Waals surface area contributed by atoms with Crippen molar-refractivity contribution in [3.63, 3.8) is 0 Å². The van der Waals surface area contributed by atoms with Crippen molar-refractivity contribution in [1.82, 2.24) is 0 Å². The number of nitrogens with zero attached hydrogens (tertiary/aromatic N) is 1. The first-order valence-electron chi connectivity index (χ1n) is 5.92. The normalized spacial score (nSPS) is 15.9. The van der Waals surface area contributed by atoms with Gasteiger partial charge >= 0.3 is 0 Å². The first-order valence-corrected chi connectivity index (χ1v) is 5.92. The van der Waals surface area contributed by atoms with Gasteiger partial charge in [-0.1, -0.05) is 29.6 Å². The zero-order valence-corrected chi connectivity index (χ0v) is 10.0. The monoisotopic (exact) mass is 234 g/mol. The Bertz CT molecular complexity index is 425. The number of hydrogen-bond acceptors (Lipinski definition) is 3. The molecule has 17 heavy (non-hydrogen) atoms. The van der Waals surface area contributed by atoms with Crippen LogP contribution < -0.4 is 10.5 Å². The zero-order chi connectivity index (χ0) is 12.3. The van der Waals surface area contributed by atoms with Crippen molar-refractivity contribution in [2.24, 2.45) is 16.8 Å². The van der Waals surface area contributed by atoms with Gasteiger partial charge in [0.15, 0.2) is 5.84 Å². The van der Waals surface area contributed by atoms with Crippen LogP contribution in [0, 0.1) is 12.8 Å². The van der Waals surface area contributed by atoms with Crippen LogP contribution in [0.3, 0.4) is 0 Å². The van der Waals surface area contributed by atoms with Gasteiger partial charge in [0.25, 0.3) is 0 Å². The Morgan fingerprint density at radius 3 is 2.94 bits per heavy atom. The molecule has 0 aliphatic heterocycles. The molecule has 1 aliphatic carbocycles. The van der Waals surface area contributed by atoms with Crippen molar-refractivity contribution in [3.8, 4) is 5.75 Å². The van der Waals surface area contributed by atoms with E-state index in [1.807, 2.05) is 25.1 Å². The lowest BCUT2D eigenvalue weighted by molar-refractivity contribution is 0.300. The molecule has 1 aliphatic rings. The largest absolute Gasteiger partial charge is 0.493 e. The Hall–Kier alpha value is -1.71. The number of rotatable bonds is 5. The standard InChI is InChI=1S/C13H18N2O2/c1-9-2-5-12(11(8-9)13(14)15-16)17-7-6-10-3-4-10/h2,5,8,10,16H,3-4,6-7H2,1H3,(H2,14,15). The van der Waals surface area contributed by atoms with Crippen LogP contribution in [0.4, 0.5) is 0 Å². The zero-order valence-electron chi connectivity index (χ0n) is 10.0. The fourth-order valence-corrected chi connectivity index (χ4v) is 1.77. The molecule has 4 heteroatoms. The number of ether oxygens (including phenoxy) is 1. The molecular formula is C13H18N2O2. The van der Waals surface area contributed by atoms with Gasteiger partial charge in [0.2, 0.25) is 0 Å². The van der Waals surface area contributed by atoms with Crippen molar-refractivity contribution >= 4 is 5.84 Å². The van der Waals surface area contributed by atoms with E-state index in [9.17, 15) is 0 Å². The summed E-state index contributed by atoms with van der Waals surface area (Å²) in [4.78, 5) is 0. The Kier molecular flexibility index (Phi) is 3.52. The highest BCUT2D eigenvalue weighted by molar-refractivity contribution is 5.99. The maximum Gasteiger partial charge on any atom is 0.173 e. The average molecular weight is 234 g/mol. The number of amidine groups is 1. The summed E-state index contributed by atoms with van der Waals surface area (Å²) in [5.41, 5.74) is 7.34. The molecule has 4 nitrogen and oxygen atoms in total. The van der Waals surface area contributed by atoms with Crippen LogP contribution in [0.2, 0.25) is 0 Å². The van der Waals surface area contributed by atoms with Crippen molar-refractivity contribution < 1.29 is 9.94 Å². The van der Waals surface area contributed by atoms with Crippen molar-refractivity contribution in [1.29, 1.82) is 0 Å². The predicted octanol–water partition coefficient (Wildman–Crippen LogP) is 2.27. The van der Waals surface area contributed by atoms with Gasteiger partial charge in [-0.3, -0.25) is 0 Å². The second kappa shape index (κ2) is 5.08. The Morgan fingerprint density at radius 1 is 1.53 bits per heavy atom. The second-order valence-electron chi connectivity index (χ2n) is 4.57. The highest BCUT2D eigenvalue weighted by atomic mass is 16.5. The van der Waals surface area contributed by atoms with Crippen molar-refractivity contribution in [2.45, 2.75) is 26.2 Å². The van der Waals surface area contributed by atoms with E-state index >= 15 is 0 Å². The minimum absolute atomic E-state index is 0.0927. The molecule has 0 spiro atoms. The van der Waals surface area contributed by atoms with E-state index in [0.29, 0.717) is 17.9 Å². The molecule has 0 radical (unpaired) electrons. The molecule has 0 amide bonds. The van der Waals surface area contributed by atoms with Crippen molar-refractivity contribution in [2.75, 3.05) is 6.61 Å². The van der Waals surface area contributed by atoms with Crippen LogP contribution in [-0.4, -0.2) is 17.6 Å². The number of benzene rings is 1. The summed E-state index contributed by atoms with van der Waals surface area (Å²) < 4.78 is 5.69. The molecule has 1 saturated carbocycles. The highest BCUT2D eigenvalue weighted by Crippen LogP contribution is 2.32. The summed E-state index contributed by atoms with van der Waals surface area (Å²) in [5.74, 6) is 1.62. The quantitative estimate of drug-likeness (QED) is 0.355. The fourth-order valence-electron chi connectivity index (χ4n) is 1.77. The lowest BCUT2D eigenvalue weighted by atomic mass is 10.1. The molecular weight excluding hydrogens is 216 g/mol. The van der Waals surface area contributed by atoms with Gasteiger partial charge in [0, 0.05) is 0 Å². The van der Waals surface area contributed by atoms with Crippen molar-refractivity contribution in [3.05, 3.63) is 29.3 Å². The minimum Gasteiger partial charge on any atom is -0.493 e. The van der Waals surface area contributed by atoms with E-state index in [1.165, 1.54) is 12.8 Å². The van der Waals surface area contributed by atoms with Crippen LogP contribution in [0.15, 0.2) is 23.4 Å². The second-order valence-corrected chi connectivity index (χ2v) is 4.57. The smallest absolute Gasteiger partial charge is 0.173 e. The summed E-state index contributed by atoms with van der Waals surface area (Å²) in [6, 6.07) is 5.69. The molecule has 2 rings (SSSR count). The molecule has 1 aromatic rings. The summed E-state index contributed by atoms with van der Waals surface area (Å²) in [7, 11) is 0. The average Bonchev–Trinajstić information content (AvgIpc) is 3.14. The maximum absolute atomic E-state index is 8.73. The van der Waals surface area contributed by atoms with E-state index in [2.05, 4.69) is 5.16 Å². The minimum atomic E-state index is 0.0927. The van der Waals surface area contributed by atoms with Crippen LogP contribution in [-0.2, 0) is 0 Å². The molecule has 0 saturated heterocycles. The molecule has 0 bridgehead atoms. The Labute approximate surface area is 101 Å². The van der Waals surface area contributed by atoms with E-state index in [1.54, 1.807) is 0 Å². The van der Waals surface area contributed by atoms with Gasteiger partial charge in [-0.2, -0.15) is 0 Å². The van der Waals surface area contributed by atoms with Crippen LogP contribution in [0.25, 0.3) is 0 Å². The number of oxime groups is 1. The maximum atomic E-state index is 8.73. The third kappa shape index (κ3) is 3.12. The number of aryl methyl sites for hydroxylation is 1. The molecule has 92 valence electrons. The Morgan fingerprint density at radius 2 is 2.29 bits per heavy atom. The van der Waals surface area contributed by atoms with Gasteiger partial charge in [0.1, 0.15) is 5.75 Å². The molecule has 1 aromatic carbocycles. The summed E-state index contributed by atoms with van der Waals surface area (Å²) in [5, 5.41) is 11.8. The molecule has 3 N–H and O–H groups in total. The highest BCUT2D eigenvalue weighted by Gasteiger charge is 2.21. The van der Waals surface area contributed by atoms with Gasteiger partial charge in [0.05, 0.1) is 12.2 Å². The summed E-state index contributed by atoms with van der Waals surface area (Å²) in [6.07, 6.45) is 3.73. The SMILES string of the molecule is Cc1ccc(OCCC2CC2)c(/C(N)=N/O)c1. The lowest BCUT2D eigenvalue weighted by Crippen LogP contribution is -2.15. The van der Waals surface area contributed by atoms with E-state index < -0.39 is 0 Å². The van der Waals surface area contributed by atoms with Gasteiger partial charge in [-0.05, 0) is 31.4 Å². The first-order chi connectivity index (χ1) is 8.20. The van der Waals surface area contributed by atoms with Crippen LogP contribution >= 0.6 is 0 Å². The third-order valence-electron chi connectivity index (χ3n) is 3.00. The molecule has 0 aromatic heterocycles. The molecule has 0 heterocycles. The predicted molar refractivity (Wildman–Crippen MR) is 66.5 cm³/mol. The van der Waals surface area contributed by atoms with E-state index in [4.69, 9.17) is 15.7 Å². The molecule has 0 atom stereocenters. The fraction of sp³-hybridized carbons (Fsp3) is 0.462. The number of nitrogens with two attached hydrogens (primary N) is 1. The van der Waals surface area contributed by atoms with Gasteiger partial charge < -0.3 is 15.7 Å². The summed E-state index contributed by atoms with van der Waals surface area (Å²) in [6.45, 7) is 2.65. The Balaban J connectivity index is 2.07. The molecule has 0 unspecified atom stereocenters. The van der Waals surface area contributed by atoms with E-state index in [0.717, 1.165) is 17.9 Å². The van der Waals surface area contributed by atoms with Gasteiger partial charge in [-0.15, -0.1) is 0 Å². The number of hydrogen-bond donors (Lipinski definition) is 2. The van der Waals surface area contributed by atoms with Gasteiger partial charge in [-0.25, -0.2) is 0 Å². The first kappa shape index (κ1) is 11.8. The molecule has 1 fully saturated rings. The van der Waals surface area contributed by atoms with Crippen LogP contribution in [0.1, 0.15) is 30.4 Å². The topological polar surface area (TPSA) is 67.8 Å². The van der Waals surface area contributed by atoms with E-state index in [-0.39, 0.29) is 5.84 Å². The summed E-state index contributed by atoms with van der Waals surface area (Å²) >= 11 is 0. The third-order valence-corrected chi connectivity index (χ3v) is 3.00. The van der Waals surface area contributed by atoms with Crippen LogP contribution in [0.5, 0.6) is 5.75 Å². The lowest BCUT2D eigenvalue weighted by Gasteiger charge is -2.11.